The van der Waals surface area contributed by atoms with E-state index in [0.717, 1.165) is 6.42 Å². The highest BCUT2D eigenvalue weighted by molar-refractivity contribution is 7.89. The summed E-state index contributed by atoms with van der Waals surface area (Å²) in [6.45, 7) is 1.99. The van der Waals surface area contributed by atoms with Gasteiger partial charge in [0, 0.05) is 18.7 Å². The highest BCUT2D eigenvalue weighted by Gasteiger charge is 2.36. The summed E-state index contributed by atoms with van der Waals surface area (Å²) >= 11 is 0. The number of hydrogen-bond acceptors (Lipinski definition) is 5. The first-order valence-electron chi connectivity index (χ1n) is 6.81. The lowest BCUT2D eigenvalue weighted by Gasteiger charge is -2.24. The van der Waals surface area contributed by atoms with Crippen LogP contribution >= 0.6 is 0 Å². The summed E-state index contributed by atoms with van der Waals surface area (Å²) < 4.78 is 37.4. The molecule has 0 spiro atoms. The fraction of sp³-hybridized carbons (Fsp3) is 0.571. The fourth-order valence-electron chi connectivity index (χ4n) is 2.67. The summed E-state index contributed by atoms with van der Waals surface area (Å²) in [5, 5.41) is 9.35. The van der Waals surface area contributed by atoms with E-state index in [4.69, 9.17) is 9.47 Å². The molecule has 0 unspecified atom stereocenters. The number of sulfonamides is 1. The van der Waals surface area contributed by atoms with Gasteiger partial charge in [-0.15, -0.1) is 0 Å². The topological polar surface area (TPSA) is 76.1 Å². The lowest BCUT2D eigenvalue weighted by Crippen LogP contribution is -2.37. The van der Waals surface area contributed by atoms with Gasteiger partial charge in [-0.2, -0.15) is 4.31 Å². The van der Waals surface area contributed by atoms with E-state index in [1.807, 2.05) is 0 Å². The van der Waals surface area contributed by atoms with Gasteiger partial charge >= 0.3 is 0 Å². The molecule has 0 aliphatic carbocycles. The number of benzene rings is 1. The van der Waals surface area contributed by atoms with Crippen LogP contribution in [0, 0.1) is 6.92 Å². The lowest BCUT2D eigenvalue weighted by atomic mass is 10.2. The van der Waals surface area contributed by atoms with Crippen LogP contribution in [-0.2, 0) is 10.0 Å². The van der Waals surface area contributed by atoms with E-state index in [9.17, 15) is 13.5 Å². The molecule has 0 amide bonds. The van der Waals surface area contributed by atoms with Crippen molar-refractivity contribution in [2.75, 3.05) is 27.4 Å². The van der Waals surface area contributed by atoms with Crippen LogP contribution in [0.1, 0.15) is 18.4 Å². The van der Waals surface area contributed by atoms with Crippen LogP contribution in [0.5, 0.6) is 11.5 Å². The molecule has 0 radical (unpaired) electrons. The van der Waals surface area contributed by atoms with E-state index in [2.05, 4.69) is 0 Å². The summed E-state index contributed by atoms with van der Waals surface area (Å²) in [5.41, 5.74) is 0.594. The van der Waals surface area contributed by atoms with Gasteiger partial charge in [-0.25, -0.2) is 8.42 Å². The molecule has 2 rings (SSSR count). The smallest absolute Gasteiger partial charge is 0.243 e. The van der Waals surface area contributed by atoms with E-state index in [1.54, 1.807) is 13.0 Å². The van der Waals surface area contributed by atoms with Crippen molar-refractivity contribution in [3.8, 4) is 11.5 Å². The highest BCUT2D eigenvalue weighted by atomic mass is 32.2. The highest BCUT2D eigenvalue weighted by Crippen LogP contribution is 2.35. The third-order valence-corrected chi connectivity index (χ3v) is 5.90. The molecule has 1 fully saturated rings. The van der Waals surface area contributed by atoms with E-state index < -0.39 is 10.0 Å². The van der Waals surface area contributed by atoms with Crippen LogP contribution in [-0.4, -0.2) is 51.2 Å². The molecule has 7 heteroatoms. The summed E-state index contributed by atoms with van der Waals surface area (Å²) in [6.07, 6.45) is 1.44. The SMILES string of the molecule is COc1cc(C)c(S(=O)(=O)N2CCC[C@@H]2CO)cc1OC. The second-order valence-corrected chi connectivity index (χ2v) is 6.93. The monoisotopic (exact) mass is 315 g/mol. The number of aliphatic hydroxyl groups is 1. The van der Waals surface area contributed by atoms with Crippen LogP contribution < -0.4 is 9.47 Å². The Labute approximate surface area is 125 Å². The molecule has 1 aromatic rings. The maximum absolute atomic E-state index is 12.8. The Bertz CT molecular complexity index is 614. The molecule has 6 nitrogen and oxygen atoms in total. The van der Waals surface area contributed by atoms with Crippen molar-refractivity contribution >= 4 is 10.0 Å². The predicted octanol–water partition coefficient (Wildman–Crippen LogP) is 1.16. The summed E-state index contributed by atoms with van der Waals surface area (Å²) in [4.78, 5) is 0.195. The standard InChI is InChI=1S/C14H21NO5S/c1-10-7-12(19-2)13(20-3)8-14(10)21(17,18)15-6-4-5-11(15)9-16/h7-8,11,16H,4-6,9H2,1-3H3/t11-/m1/s1. The Kier molecular flexibility index (Phi) is 4.75. The van der Waals surface area contributed by atoms with Crippen LogP contribution in [0.2, 0.25) is 0 Å². The molecule has 1 N–H and O–H groups in total. The number of aryl methyl sites for hydroxylation is 1. The zero-order chi connectivity index (χ0) is 15.6. The molecule has 1 aromatic carbocycles. The first kappa shape index (κ1) is 16.1. The molecular formula is C14H21NO5S. The molecule has 0 bridgehead atoms. The quantitative estimate of drug-likeness (QED) is 0.882. The van der Waals surface area contributed by atoms with E-state index in [0.29, 0.717) is 30.0 Å². The third kappa shape index (κ3) is 2.86. The molecule has 21 heavy (non-hydrogen) atoms. The van der Waals surface area contributed by atoms with Gasteiger partial charge in [0.25, 0.3) is 0 Å². The summed E-state index contributed by atoms with van der Waals surface area (Å²) in [6, 6.07) is 2.79. The van der Waals surface area contributed by atoms with E-state index in [1.165, 1.54) is 24.6 Å². The summed E-state index contributed by atoms with van der Waals surface area (Å²) in [7, 11) is -0.675. The molecular weight excluding hydrogens is 294 g/mol. The molecule has 0 aromatic heterocycles. The lowest BCUT2D eigenvalue weighted by molar-refractivity contribution is 0.213. The minimum atomic E-state index is -3.65. The van der Waals surface area contributed by atoms with Crippen molar-refractivity contribution < 1.29 is 23.0 Å². The van der Waals surface area contributed by atoms with Crippen molar-refractivity contribution in [1.82, 2.24) is 4.31 Å². The average molecular weight is 315 g/mol. The van der Waals surface area contributed by atoms with Crippen LogP contribution in [0.25, 0.3) is 0 Å². The molecule has 1 atom stereocenters. The van der Waals surface area contributed by atoms with Gasteiger partial charge in [-0.05, 0) is 31.4 Å². The minimum Gasteiger partial charge on any atom is -0.493 e. The van der Waals surface area contributed by atoms with Gasteiger partial charge in [0.2, 0.25) is 10.0 Å². The van der Waals surface area contributed by atoms with Crippen molar-refractivity contribution in [2.45, 2.75) is 30.7 Å². The van der Waals surface area contributed by atoms with Crippen molar-refractivity contribution in [2.24, 2.45) is 0 Å². The van der Waals surface area contributed by atoms with E-state index in [-0.39, 0.29) is 17.5 Å². The maximum Gasteiger partial charge on any atom is 0.243 e. The molecule has 1 saturated heterocycles. The third-order valence-electron chi connectivity index (χ3n) is 3.80. The predicted molar refractivity (Wildman–Crippen MR) is 78.3 cm³/mol. The Balaban J connectivity index is 2.49. The Morgan fingerprint density at radius 1 is 1.29 bits per heavy atom. The van der Waals surface area contributed by atoms with Gasteiger partial charge in [0.05, 0.1) is 25.7 Å². The zero-order valence-corrected chi connectivity index (χ0v) is 13.3. The molecule has 1 aliphatic rings. The van der Waals surface area contributed by atoms with Crippen molar-refractivity contribution in [3.63, 3.8) is 0 Å². The van der Waals surface area contributed by atoms with Gasteiger partial charge in [0.15, 0.2) is 11.5 Å². The number of ether oxygens (including phenoxy) is 2. The number of nitrogens with zero attached hydrogens (tertiary/aromatic N) is 1. The molecule has 1 heterocycles. The maximum atomic E-state index is 12.8. The Morgan fingerprint density at radius 3 is 2.48 bits per heavy atom. The van der Waals surface area contributed by atoms with Gasteiger partial charge in [-0.1, -0.05) is 0 Å². The number of aliphatic hydroxyl groups excluding tert-OH is 1. The van der Waals surface area contributed by atoms with Crippen LogP contribution in [0.15, 0.2) is 17.0 Å². The molecule has 1 aliphatic heterocycles. The second-order valence-electron chi connectivity index (χ2n) is 5.07. The van der Waals surface area contributed by atoms with Gasteiger partial charge in [0.1, 0.15) is 0 Å². The molecule has 118 valence electrons. The molecule has 0 saturated carbocycles. The van der Waals surface area contributed by atoms with Crippen LogP contribution in [0.3, 0.4) is 0 Å². The first-order valence-corrected chi connectivity index (χ1v) is 8.25. The number of hydrogen-bond donors (Lipinski definition) is 1. The largest absolute Gasteiger partial charge is 0.493 e. The minimum absolute atomic E-state index is 0.161. The zero-order valence-electron chi connectivity index (χ0n) is 12.5. The Morgan fingerprint density at radius 2 is 1.90 bits per heavy atom. The van der Waals surface area contributed by atoms with Gasteiger partial charge < -0.3 is 14.6 Å². The average Bonchev–Trinajstić information content (AvgIpc) is 2.95. The van der Waals surface area contributed by atoms with Crippen molar-refractivity contribution in [1.29, 1.82) is 0 Å². The summed E-state index contributed by atoms with van der Waals surface area (Å²) in [5.74, 6) is 0.871. The second kappa shape index (κ2) is 6.21. The number of methoxy groups -OCH3 is 2. The first-order chi connectivity index (χ1) is 9.95. The normalized spacial score (nSPS) is 19.7. The Hall–Kier alpha value is -1.31. The number of rotatable bonds is 5. The van der Waals surface area contributed by atoms with Gasteiger partial charge in [-0.3, -0.25) is 0 Å². The van der Waals surface area contributed by atoms with E-state index >= 15 is 0 Å². The van der Waals surface area contributed by atoms with Crippen molar-refractivity contribution in [3.05, 3.63) is 17.7 Å². The fourth-order valence-corrected chi connectivity index (χ4v) is 4.58. The van der Waals surface area contributed by atoms with Crippen LogP contribution in [0.4, 0.5) is 0 Å².